The molecule has 3 aromatic heterocycles. The zero-order valence-corrected chi connectivity index (χ0v) is 15.2. The number of fused-ring (bicyclic) bond motifs is 1. The molecule has 0 aliphatic heterocycles. The number of nitrogens with one attached hydrogen (secondary N) is 1. The van der Waals surface area contributed by atoms with Crippen LogP contribution in [0.5, 0.6) is 0 Å². The number of hydrogen-bond donors (Lipinski definition) is 1. The van der Waals surface area contributed by atoms with E-state index in [4.69, 9.17) is 0 Å². The number of carbonyl (C=O) groups excluding carboxylic acids is 1. The zero-order chi connectivity index (χ0) is 17.5. The molecule has 0 saturated carbocycles. The monoisotopic (exact) mass is 357 g/mol. The molecule has 0 radical (unpaired) electrons. The molecule has 132 valence electrons. The molecular weight excluding hydrogens is 334 g/mol. The van der Waals surface area contributed by atoms with Crippen molar-refractivity contribution in [1.29, 1.82) is 0 Å². The number of amides is 1. The molecule has 7 heteroatoms. The van der Waals surface area contributed by atoms with Gasteiger partial charge in [0.05, 0.1) is 6.04 Å². The molecule has 0 saturated heterocycles. The summed E-state index contributed by atoms with van der Waals surface area (Å²) in [6.45, 7) is 0.851. The lowest BCUT2D eigenvalue weighted by atomic mass is 10.2. The summed E-state index contributed by atoms with van der Waals surface area (Å²) in [5.41, 5.74) is 0.800. The first kappa shape index (κ1) is 17.5. The van der Waals surface area contributed by atoms with Gasteiger partial charge in [0.25, 0.3) is 0 Å². The number of rotatable bonds is 9. The lowest BCUT2D eigenvalue weighted by Gasteiger charge is -2.17. The normalized spacial score (nSPS) is 12.4. The third-order valence-corrected chi connectivity index (χ3v) is 4.73. The van der Waals surface area contributed by atoms with Crippen molar-refractivity contribution >= 4 is 23.3 Å². The number of carbonyl (C=O) groups is 1. The summed E-state index contributed by atoms with van der Waals surface area (Å²) in [4.78, 5) is 12.4. The highest BCUT2D eigenvalue weighted by Crippen LogP contribution is 2.18. The maximum atomic E-state index is 12.4. The number of nitrogens with zero attached hydrogens (tertiary/aromatic N) is 4. The van der Waals surface area contributed by atoms with E-state index in [0.717, 1.165) is 36.6 Å². The van der Waals surface area contributed by atoms with Crippen LogP contribution < -0.4 is 5.32 Å². The first-order chi connectivity index (χ1) is 12.3. The molecule has 25 heavy (non-hydrogen) atoms. The summed E-state index contributed by atoms with van der Waals surface area (Å²) in [6, 6.07) is 9.67. The molecule has 1 atom stereocenters. The SMILES string of the molecule is CSCCC(NC(=O)CCCn1cccc1)c1nnc2ccccn12. The van der Waals surface area contributed by atoms with E-state index in [0.29, 0.717) is 6.42 Å². The van der Waals surface area contributed by atoms with E-state index in [1.807, 2.05) is 53.3 Å². The molecule has 3 aromatic rings. The molecule has 1 amide bonds. The second kappa shape index (κ2) is 8.71. The van der Waals surface area contributed by atoms with Crippen molar-refractivity contribution in [1.82, 2.24) is 24.5 Å². The Kier molecular flexibility index (Phi) is 6.11. The smallest absolute Gasteiger partial charge is 0.220 e. The van der Waals surface area contributed by atoms with Crippen LogP contribution in [-0.4, -0.2) is 37.1 Å². The fourth-order valence-electron chi connectivity index (χ4n) is 2.81. The Hall–Kier alpha value is -2.28. The Morgan fingerprint density at radius 1 is 1.20 bits per heavy atom. The van der Waals surface area contributed by atoms with Crippen LogP contribution in [-0.2, 0) is 11.3 Å². The van der Waals surface area contributed by atoms with Gasteiger partial charge < -0.3 is 9.88 Å². The summed E-state index contributed by atoms with van der Waals surface area (Å²) in [5.74, 6) is 1.81. The molecule has 3 heterocycles. The van der Waals surface area contributed by atoms with E-state index in [1.54, 1.807) is 11.8 Å². The van der Waals surface area contributed by atoms with Crippen molar-refractivity contribution in [2.45, 2.75) is 31.8 Å². The Balaban J connectivity index is 1.63. The van der Waals surface area contributed by atoms with Crippen LogP contribution in [0.15, 0.2) is 48.9 Å². The number of hydrogen-bond acceptors (Lipinski definition) is 4. The predicted octanol–water partition coefficient (Wildman–Crippen LogP) is 2.92. The van der Waals surface area contributed by atoms with E-state index < -0.39 is 0 Å². The van der Waals surface area contributed by atoms with E-state index in [9.17, 15) is 4.79 Å². The van der Waals surface area contributed by atoms with Gasteiger partial charge in [0, 0.05) is 31.6 Å². The zero-order valence-electron chi connectivity index (χ0n) is 14.3. The van der Waals surface area contributed by atoms with Crippen molar-refractivity contribution in [2.24, 2.45) is 0 Å². The third kappa shape index (κ3) is 4.63. The largest absolute Gasteiger partial charge is 0.354 e. The van der Waals surface area contributed by atoms with Gasteiger partial charge in [0.1, 0.15) is 0 Å². The molecule has 0 bridgehead atoms. The Bertz CT molecular complexity index is 799. The van der Waals surface area contributed by atoms with Crippen LogP contribution in [0.2, 0.25) is 0 Å². The van der Waals surface area contributed by atoms with Crippen LogP contribution in [0.1, 0.15) is 31.1 Å². The average Bonchev–Trinajstić information content (AvgIpc) is 3.28. The first-order valence-electron chi connectivity index (χ1n) is 8.46. The van der Waals surface area contributed by atoms with Gasteiger partial charge in [-0.25, -0.2) is 0 Å². The van der Waals surface area contributed by atoms with Crippen molar-refractivity contribution in [3.63, 3.8) is 0 Å². The number of aryl methyl sites for hydroxylation is 1. The molecular formula is C18H23N5OS. The maximum Gasteiger partial charge on any atom is 0.220 e. The minimum absolute atomic E-state index is 0.0611. The van der Waals surface area contributed by atoms with Crippen LogP contribution in [0.4, 0.5) is 0 Å². The fraction of sp³-hybridized carbons (Fsp3) is 0.389. The highest BCUT2D eigenvalue weighted by Gasteiger charge is 2.19. The number of thioether (sulfide) groups is 1. The standard InChI is InChI=1S/C18H23N5OS/c1-25-14-9-15(18-21-20-16-7-2-3-13-23(16)18)19-17(24)8-6-12-22-10-4-5-11-22/h2-5,7,10-11,13,15H,6,8-9,12,14H2,1H3,(H,19,24). The molecule has 0 fully saturated rings. The highest BCUT2D eigenvalue weighted by molar-refractivity contribution is 7.98. The molecule has 3 rings (SSSR count). The van der Waals surface area contributed by atoms with E-state index >= 15 is 0 Å². The van der Waals surface area contributed by atoms with Gasteiger partial charge in [-0.2, -0.15) is 11.8 Å². The van der Waals surface area contributed by atoms with Gasteiger partial charge in [-0.3, -0.25) is 9.20 Å². The molecule has 1 unspecified atom stereocenters. The predicted molar refractivity (Wildman–Crippen MR) is 101 cm³/mol. The number of aromatic nitrogens is 4. The van der Waals surface area contributed by atoms with Gasteiger partial charge in [0.15, 0.2) is 11.5 Å². The van der Waals surface area contributed by atoms with Crippen LogP contribution in [0, 0.1) is 0 Å². The summed E-state index contributed by atoms with van der Waals surface area (Å²) in [7, 11) is 0. The topological polar surface area (TPSA) is 64.2 Å². The summed E-state index contributed by atoms with van der Waals surface area (Å²) >= 11 is 1.76. The molecule has 0 aliphatic rings. The lowest BCUT2D eigenvalue weighted by molar-refractivity contribution is -0.122. The van der Waals surface area contributed by atoms with Crippen LogP contribution in [0.25, 0.3) is 5.65 Å². The van der Waals surface area contributed by atoms with E-state index in [2.05, 4.69) is 26.3 Å². The van der Waals surface area contributed by atoms with Gasteiger partial charge in [-0.05, 0) is 49.1 Å². The van der Waals surface area contributed by atoms with Crippen molar-refractivity contribution in [2.75, 3.05) is 12.0 Å². The van der Waals surface area contributed by atoms with Crippen molar-refractivity contribution < 1.29 is 4.79 Å². The molecule has 0 aromatic carbocycles. The first-order valence-corrected chi connectivity index (χ1v) is 9.86. The highest BCUT2D eigenvalue weighted by atomic mass is 32.2. The molecule has 0 spiro atoms. The second-order valence-corrected chi connectivity index (χ2v) is 6.90. The Labute approximate surface area is 151 Å². The number of pyridine rings is 1. The van der Waals surface area contributed by atoms with Gasteiger partial charge in [0.2, 0.25) is 5.91 Å². The molecule has 0 aliphatic carbocycles. The van der Waals surface area contributed by atoms with Crippen molar-refractivity contribution in [3.05, 3.63) is 54.7 Å². The quantitative estimate of drug-likeness (QED) is 0.639. The molecule has 6 nitrogen and oxygen atoms in total. The second-order valence-electron chi connectivity index (χ2n) is 5.91. The maximum absolute atomic E-state index is 12.4. The Morgan fingerprint density at radius 2 is 2.00 bits per heavy atom. The summed E-state index contributed by atoms with van der Waals surface area (Å²) in [5, 5.41) is 11.7. The summed E-state index contributed by atoms with van der Waals surface area (Å²) in [6.07, 6.45) is 10.2. The minimum Gasteiger partial charge on any atom is -0.354 e. The summed E-state index contributed by atoms with van der Waals surface area (Å²) < 4.78 is 4.04. The Morgan fingerprint density at radius 3 is 2.80 bits per heavy atom. The van der Waals surface area contributed by atoms with Gasteiger partial charge >= 0.3 is 0 Å². The van der Waals surface area contributed by atoms with Crippen LogP contribution in [0.3, 0.4) is 0 Å². The van der Waals surface area contributed by atoms with Crippen LogP contribution >= 0.6 is 11.8 Å². The molecule has 1 N–H and O–H groups in total. The average molecular weight is 357 g/mol. The van der Waals surface area contributed by atoms with E-state index in [-0.39, 0.29) is 11.9 Å². The van der Waals surface area contributed by atoms with Crippen molar-refractivity contribution in [3.8, 4) is 0 Å². The van der Waals surface area contributed by atoms with Gasteiger partial charge in [-0.1, -0.05) is 6.07 Å². The third-order valence-electron chi connectivity index (χ3n) is 4.08. The van der Waals surface area contributed by atoms with Gasteiger partial charge in [-0.15, -0.1) is 10.2 Å². The fourth-order valence-corrected chi connectivity index (χ4v) is 3.28. The minimum atomic E-state index is -0.121. The van der Waals surface area contributed by atoms with E-state index in [1.165, 1.54) is 0 Å². The lowest BCUT2D eigenvalue weighted by Crippen LogP contribution is -2.30.